The van der Waals surface area contributed by atoms with Crippen LogP contribution in [0.15, 0.2) is 12.3 Å². The van der Waals surface area contributed by atoms with Crippen molar-refractivity contribution in [3.05, 3.63) is 12.3 Å². The Morgan fingerprint density at radius 1 is 0.544 bits per heavy atom. The van der Waals surface area contributed by atoms with Gasteiger partial charge in [-0.05, 0) is 25.3 Å². The van der Waals surface area contributed by atoms with E-state index in [2.05, 4.69) is 13.8 Å². The first-order chi connectivity index (χ1) is 27.6. The zero-order valence-electron chi connectivity index (χ0n) is 38.6. The van der Waals surface area contributed by atoms with Gasteiger partial charge in [-0.25, -0.2) is 0 Å². The molecule has 0 spiro atoms. The van der Waals surface area contributed by atoms with Crippen molar-refractivity contribution in [2.45, 2.75) is 245 Å². The maximum atomic E-state index is 12.7. The molecular formula is C48H96NO7P. The van der Waals surface area contributed by atoms with Gasteiger partial charge in [-0.2, -0.15) is 0 Å². The lowest BCUT2D eigenvalue weighted by Gasteiger charge is -2.28. The predicted molar refractivity (Wildman–Crippen MR) is 240 cm³/mol. The number of carbonyl (C=O) groups excluding carboxylic acids is 1. The summed E-state index contributed by atoms with van der Waals surface area (Å²) in [5.74, 6) is -0.350. The molecule has 0 aromatic carbocycles. The Morgan fingerprint density at radius 2 is 0.912 bits per heavy atom. The first-order valence-corrected chi connectivity index (χ1v) is 25.9. The van der Waals surface area contributed by atoms with Crippen LogP contribution in [-0.2, 0) is 27.9 Å². The molecule has 0 bridgehead atoms. The molecule has 0 amide bonds. The summed E-state index contributed by atoms with van der Waals surface area (Å²) in [6, 6.07) is 0. The number of hydrogen-bond acceptors (Lipinski definition) is 7. The Hall–Kier alpha value is -0.920. The molecular weight excluding hydrogens is 734 g/mol. The molecule has 0 N–H and O–H groups in total. The number of likely N-dealkylation sites (N-methyl/N-ethyl adjacent to an activating group) is 1. The summed E-state index contributed by atoms with van der Waals surface area (Å²) < 4.78 is 34.4. The largest absolute Gasteiger partial charge is 0.756 e. The van der Waals surface area contributed by atoms with E-state index in [0.717, 1.165) is 32.1 Å². The summed E-state index contributed by atoms with van der Waals surface area (Å²) in [5.41, 5.74) is 0. The third-order valence-electron chi connectivity index (χ3n) is 10.9. The summed E-state index contributed by atoms with van der Waals surface area (Å²) >= 11 is 0. The van der Waals surface area contributed by atoms with Crippen LogP contribution in [0.25, 0.3) is 0 Å². The Kier molecular flexibility index (Phi) is 41.1. The minimum absolute atomic E-state index is 0.0205. The molecule has 0 saturated carbocycles. The maximum absolute atomic E-state index is 12.7. The molecule has 0 heterocycles. The van der Waals surface area contributed by atoms with Crippen molar-refractivity contribution in [3.63, 3.8) is 0 Å². The molecule has 0 aromatic heterocycles. The first kappa shape index (κ1) is 56.1. The number of rotatable bonds is 46. The molecule has 1 unspecified atom stereocenters. The van der Waals surface area contributed by atoms with Gasteiger partial charge in [0, 0.05) is 6.42 Å². The zero-order valence-corrected chi connectivity index (χ0v) is 39.5. The third-order valence-corrected chi connectivity index (χ3v) is 11.9. The van der Waals surface area contributed by atoms with Crippen LogP contribution in [-0.4, -0.2) is 64.1 Å². The van der Waals surface area contributed by atoms with E-state index >= 15 is 0 Å². The van der Waals surface area contributed by atoms with Gasteiger partial charge < -0.3 is 27.9 Å². The molecule has 8 nitrogen and oxygen atoms in total. The number of allylic oxidation sites excluding steroid dienone is 1. The van der Waals surface area contributed by atoms with Gasteiger partial charge >= 0.3 is 5.97 Å². The quantitative estimate of drug-likeness (QED) is 0.0198. The Bertz CT molecular complexity index is 925. The van der Waals surface area contributed by atoms with Crippen LogP contribution in [0.5, 0.6) is 0 Å². The lowest BCUT2D eigenvalue weighted by atomic mass is 10.0. The maximum Gasteiger partial charge on any atom is 0.306 e. The molecule has 0 aliphatic rings. The lowest BCUT2D eigenvalue weighted by molar-refractivity contribution is -0.870. The average Bonchev–Trinajstić information content (AvgIpc) is 3.16. The van der Waals surface area contributed by atoms with Crippen molar-refractivity contribution in [2.75, 3.05) is 47.5 Å². The molecule has 0 fully saturated rings. The van der Waals surface area contributed by atoms with Crippen LogP contribution >= 0.6 is 7.82 Å². The fourth-order valence-corrected chi connectivity index (χ4v) is 7.83. The normalized spacial score (nSPS) is 13.6. The van der Waals surface area contributed by atoms with E-state index in [1.165, 1.54) is 186 Å². The molecule has 0 rings (SSSR count). The van der Waals surface area contributed by atoms with Gasteiger partial charge in [0.1, 0.15) is 19.8 Å². The summed E-state index contributed by atoms with van der Waals surface area (Å²) in [7, 11) is 1.34. The van der Waals surface area contributed by atoms with E-state index < -0.39 is 13.9 Å². The van der Waals surface area contributed by atoms with Crippen LogP contribution < -0.4 is 4.89 Å². The summed E-state index contributed by atoms with van der Waals surface area (Å²) in [6.07, 6.45) is 47.5. The van der Waals surface area contributed by atoms with E-state index in [9.17, 15) is 14.3 Å². The number of carbonyl (C=O) groups is 1. The Morgan fingerprint density at radius 3 is 1.30 bits per heavy atom. The Labute approximate surface area is 354 Å². The van der Waals surface area contributed by atoms with Crippen LogP contribution in [0.4, 0.5) is 0 Å². The monoisotopic (exact) mass is 830 g/mol. The van der Waals surface area contributed by atoms with E-state index in [4.69, 9.17) is 18.5 Å². The van der Waals surface area contributed by atoms with Crippen LogP contribution in [0.1, 0.15) is 239 Å². The standard InChI is InChI=1S/C48H96NO7P/c1-6-8-10-12-14-16-18-20-22-24-26-28-30-32-34-36-38-40-43-53-45-47(46-55-57(51,52)54-44-42-49(3,4)5)56-48(50)41-39-37-35-33-31-29-27-25-23-21-19-17-15-13-11-9-7-2/h40,43,47H,6-39,41-42,44-46H2,1-5H3/b43-40+/t47-/m1/s1. The number of ether oxygens (including phenoxy) is 2. The number of phosphoric acid groups is 1. The van der Waals surface area contributed by atoms with E-state index in [1.807, 2.05) is 27.2 Å². The van der Waals surface area contributed by atoms with Crippen molar-refractivity contribution >= 4 is 13.8 Å². The van der Waals surface area contributed by atoms with Gasteiger partial charge in [0.25, 0.3) is 7.82 Å². The topological polar surface area (TPSA) is 94.1 Å². The molecule has 0 saturated heterocycles. The molecule has 9 heteroatoms. The van der Waals surface area contributed by atoms with Crippen LogP contribution in [0, 0.1) is 0 Å². The molecule has 57 heavy (non-hydrogen) atoms. The number of hydrogen-bond donors (Lipinski definition) is 0. The van der Waals surface area contributed by atoms with Gasteiger partial charge in [-0.1, -0.05) is 213 Å². The van der Waals surface area contributed by atoms with Gasteiger partial charge in [0.05, 0.1) is 34.0 Å². The highest BCUT2D eigenvalue weighted by molar-refractivity contribution is 7.45. The average molecular weight is 830 g/mol. The van der Waals surface area contributed by atoms with E-state index in [1.54, 1.807) is 6.26 Å². The van der Waals surface area contributed by atoms with Gasteiger partial charge in [0.15, 0.2) is 6.10 Å². The second-order valence-corrected chi connectivity index (χ2v) is 19.3. The summed E-state index contributed by atoms with van der Waals surface area (Å²) in [5, 5.41) is 0. The molecule has 0 aliphatic carbocycles. The van der Waals surface area contributed by atoms with Crippen LogP contribution in [0.2, 0.25) is 0 Å². The van der Waals surface area contributed by atoms with Gasteiger partial charge in [0.2, 0.25) is 0 Å². The lowest BCUT2D eigenvalue weighted by Crippen LogP contribution is -2.37. The highest BCUT2D eigenvalue weighted by atomic mass is 31.2. The number of esters is 1. The minimum Gasteiger partial charge on any atom is -0.756 e. The fraction of sp³-hybridized carbons (Fsp3) is 0.938. The van der Waals surface area contributed by atoms with Gasteiger partial charge in [-0.15, -0.1) is 0 Å². The zero-order chi connectivity index (χ0) is 42.0. The number of unbranched alkanes of at least 4 members (excludes halogenated alkanes) is 32. The van der Waals surface area contributed by atoms with Crippen molar-refractivity contribution < 1.29 is 37.3 Å². The summed E-state index contributed by atoms with van der Waals surface area (Å²) in [4.78, 5) is 25.1. The molecule has 2 atom stereocenters. The number of phosphoric ester groups is 1. The highest BCUT2D eigenvalue weighted by Crippen LogP contribution is 2.38. The Balaban J connectivity index is 4.18. The summed E-state index contributed by atoms with van der Waals surface area (Å²) in [6.45, 7) is 4.79. The van der Waals surface area contributed by atoms with Crippen molar-refractivity contribution in [1.29, 1.82) is 0 Å². The van der Waals surface area contributed by atoms with Crippen molar-refractivity contribution in [3.8, 4) is 0 Å². The van der Waals surface area contributed by atoms with Crippen LogP contribution in [0.3, 0.4) is 0 Å². The first-order valence-electron chi connectivity index (χ1n) is 24.5. The second kappa shape index (κ2) is 41.8. The number of nitrogens with zero attached hydrogens (tertiary/aromatic N) is 1. The smallest absolute Gasteiger partial charge is 0.306 e. The predicted octanol–water partition coefficient (Wildman–Crippen LogP) is 14.3. The van der Waals surface area contributed by atoms with Gasteiger partial charge in [-0.3, -0.25) is 9.36 Å². The highest BCUT2D eigenvalue weighted by Gasteiger charge is 2.20. The minimum atomic E-state index is -4.54. The molecule has 0 aliphatic heterocycles. The molecule has 340 valence electrons. The second-order valence-electron chi connectivity index (χ2n) is 17.9. The van der Waals surface area contributed by atoms with Crippen molar-refractivity contribution in [1.82, 2.24) is 0 Å². The number of quaternary nitrogens is 1. The SMILES string of the molecule is CCCCCCCCCCCCCCCCCC/C=C/OC[C@H](COP(=O)([O-])OCC[N+](C)(C)C)OC(=O)CCCCCCCCCCCCCCCCCCC. The fourth-order valence-electron chi connectivity index (χ4n) is 7.10. The van der Waals surface area contributed by atoms with E-state index in [-0.39, 0.29) is 25.8 Å². The molecule has 0 aromatic rings. The van der Waals surface area contributed by atoms with Crippen molar-refractivity contribution in [2.24, 2.45) is 0 Å². The van der Waals surface area contributed by atoms with E-state index in [0.29, 0.717) is 17.4 Å². The third kappa shape index (κ3) is 46.0. The molecule has 0 radical (unpaired) electrons.